The van der Waals surface area contributed by atoms with Gasteiger partial charge >= 0.3 is 5.63 Å². The van der Waals surface area contributed by atoms with Crippen molar-refractivity contribution in [3.63, 3.8) is 0 Å². The molecule has 0 amide bonds. The van der Waals surface area contributed by atoms with Gasteiger partial charge in [-0.2, -0.15) is 0 Å². The molecule has 0 spiro atoms. The van der Waals surface area contributed by atoms with E-state index in [1.807, 2.05) is 25.1 Å². The number of benzene rings is 1. The second-order valence-electron chi connectivity index (χ2n) is 7.35. The standard InChI is InChI=1S/C21H23ClN2O3/c1-14-9-20-16(11-17(14)22)15(10-21(25)27-20)12-23-13-18(19-5-4-8-26-19)24-6-2-3-7-24/h4-5,8-11,18,23H,2-3,6-7,12-13H2,1H3/p+2/t18-/m0/s1. The number of nitrogens with two attached hydrogens (primary N) is 1. The first kappa shape index (κ1) is 18.3. The molecule has 3 N–H and O–H groups in total. The number of fused-ring (bicyclic) bond motifs is 1. The lowest BCUT2D eigenvalue weighted by atomic mass is 10.1. The van der Waals surface area contributed by atoms with E-state index in [4.69, 9.17) is 20.4 Å². The summed E-state index contributed by atoms with van der Waals surface area (Å²) < 4.78 is 11.1. The number of quaternary nitrogens is 2. The molecule has 5 nitrogen and oxygen atoms in total. The molecule has 2 aromatic heterocycles. The predicted molar refractivity (Wildman–Crippen MR) is 104 cm³/mol. The fourth-order valence-electron chi connectivity index (χ4n) is 4.07. The topological polar surface area (TPSA) is 64.4 Å². The van der Waals surface area contributed by atoms with Crippen LogP contribution in [0.5, 0.6) is 0 Å². The molecule has 0 saturated carbocycles. The van der Waals surface area contributed by atoms with Crippen molar-refractivity contribution in [3.05, 3.63) is 68.9 Å². The zero-order chi connectivity index (χ0) is 18.8. The molecule has 3 aromatic rings. The summed E-state index contributed by atoms with van der Waals surface area (Å²) in [5.41, 5.74) is 2.14. The number of nitrogens with one attached hydrogen (secondary N) is 1. The molecule has 1 fully saturated rings. The zero-order valence-corrected chi connectivity index (χ0v) is 16.2. The van der Waals surface area contributed by atoms with Gasteiger partial charge in [-0.05, 0) is 36.8 Å². The van der Waals surface area contributed by atoms with Crippen LogP contribution >= 0.6 is 11.6 Å². The SMILES string of the molecule is Cc1cc2oc(=O)cc(C[NH2+]C[C@@H](c3ccco3)[NH+]3CCCC3)c2cc1Cl. The highest BCUT2D eigenvalue weighted by atomic mass is 35.5. The molecule has 6 heteroatoms. The van der Waals surface area contributed by atoms with Crippen LogP contribution in [0.25, 0.3) is 11.0 Å². The van der Waals surface area contributed by atoms with Crippen LogP contribution < -0.4 is 15.8 Å². The minimum Gasteiger partial charge on any atom is -0.463 e. The molecule has 3 heterocycles. The maximum atomic E-state index is 12.0. The van der Waals surface area contributed by atoms with Crippen molar-refractivity contribution >= 4 is 22.6 Å². The van der Waals surface area contributed by atoms with Crippen LogP contribution in [0.3, 0.4) is 0 Å². The first-order valence-corrected chi connectivity index (χ1v) is 9.92. The smallest absolute Gasteiger partial charge is 0.336 e. The molecule has 0 radical (unpaired) electrons. The summed E-state index contributed by atoms with van der Waals surface area (Å²) in [5, 5.41) is 3.85. The third kappa shape index (κ3) is 3.95. The van der Waals surface area contributed by atoms with Gasteiger partial charge in [-0.1, -0.05) is 11.6 Å². The van der Waals surface area contributed by atoms with E-state index in [1.165, 1.54) is 25.9 Å². The van der Waals surface area contributed by atoms with Crippen LogP contribution in [0.2, 0.25) is 5.02 Å². The molecule has 142 valence electrons. The quantitative estimate of drug-likeness (QED) is 0.633. The van der Waals surface area contributed by atoms with Crippen LogP contribution in [0.15, 0.2) is 50.2 Å². The third-order valence-corrected chi connectivity index (χ3v) is 5.91. The van der Waals surface area contributed by atoms with Gasteiger partial charge in [-0.3, -0.25) is 0 Å². The largest absolute Gasteiger partial charge is 0.463 e. The molecule has 0 aliphatic carbocycles. The van der Waals surface area contributed by atoms with Gasteiger partial charge in [-0.15, -0.1) is 0 Å². The summed E-state index contributed by atoms with van der Waals surface area (Å²) >= 11 is 6.29. The summed E-state index contributed by atoms with van der Waals surface area (Å²) in [6.45, 7) is 5.89. The van der Waals surface area contributed by atoms with Gasteiger partial charge in [0.15, 0.2) is 11.8 Å². The Hall–Kier alpha value is -2.08. The average Bonchev–Trinajstić information content (AvgIpc) is 3.34. The van der Waals surface area contributed by atoms with E-state index in [1.54, 1.807) is 17.2 Å². The van der Waals surface area contributed by atoms with Crippen LogP contribution in [0, 0.1) is 6.92 Å². The third-order valence-electron chi connectivity index (χ3n) is 5.50. The Morgan fingerprint density at radius 3 is 2.81 bits per heavy atom. The summed E-state index contributed by atoms with van der Waals surface area (Å²) in [7, 11) is 0. The number of furan rings is 1. The van der Waals surface area contributed by atoms with E-state index in [-0.39, 0.29) is 5.63 Å². The number of halogens is 1. The van der Waals surface area contributed by atoms with Gasteiger partial charge in [0.05, 0.1) is 19.4 Å². The van der Waals surface area contributed by atoms with E-state index < -0.39 is 0 Å². The summed E-state index contributed by atoms with van der Waals surface area (Å²) in [5.74, 6) is 1.04. The normalized spacial score (nSPS) is 16.2. The Labute approximate surface area is 162 Å². The van der Waals surface area contributed by atoms with Gasteiger partial charge in [0.2, 0.25) is 0 Å². The zero-order valence-electron chi connectivity index (χ0n) is 15.5. The Bertz CT molecular complexity index is 975. The Kier molecular flexibility index (Phi) is 5.34. The maximum absolute atomic E-state index is 12.0. The summed E-state index contributed by atoms with van der Waals surface area (Å²) in [4.78, 5) is 13.5. The highest BCUT2D eigenvalue weighted by Gasteiger charge is 2.30. The molecule has 27 heavy (non-hydrogen) atoms. The number of hydrogen-bond donors (Lipinski definition) is 2. The Morgan fingerprint density at radius 2 is 2.07 bits per heavy atom. The van der Waals surface area contributed by atoms with Gasteiger partial charge in [0, 0.05) is 34.9 Å². The van der Waals surface area contributed by atoms with E-state index in [0.717, 1.165) is 28.8 Å². The van der Waals surface area contributed by atoms with Crippen molar-refractivity contribution in [1.29, 1.82) is 0 Å². The predicted octanol–water partition coefficient (Wildman–Crippen LogP) is 1.83. The lowest BCUT2D eigenvalue weighted by Crippen LogP contribution is -3.13. The fourth-order valence-corrected chi connectivity index (χ4v) is 4.24. The van der Waals surface area contributed by atoms with Crippen molar-refractivity contribution in [2.24, 2.45) is 0 Å². The Morgan fingerprint density at radius 1 is 1.26 bits per heavy atom. The maximum Gasteiger partial charge on any atom is 0.336 e. The molecule has 0 unspecified atom stereocenters. The monoisotopic (exact) mass is 388 g/mol. The van der Waals surface area contributed by atoms with Crippen molar-refractivity contribution in [2.45, 2.75) is 32.4 Å². The minimum absolute atomic E-state index is 0.319. The molecule has 4 rings (SSSR count). The first-order chi connectivity index (χ1) is 13.1. The summed E-state index contributed by atoms with van der Waals surface area (Å²) in [6, 6.07) is 9.67. The van der Waals surface area contributed by atoms with Gasteiger partial charge in [0.25, 0.3) is 0 Å². The van der Waals surface area contributed by atoms with E-state index in [2.05, 4.69) is 11.4 Å². The number of likely N-dealkylation sites (tertiary alicyclic amines) is 1. The van der Waals surface area contributed by atoms with Gasteiger partial charge < -0.3 is 19.1 Å². The van der Waals surface area contributed by atoms with Gasteiger partial charge in [-0.25, -0.2) is 4.79 Å². The first-order valence-electron chi connectivity index (χ1n) is 9.54. The lowest BCUT2D eigenvalue weighted by molar-refractivity contribution is -0.936. The Balaban J connectivity index is 1.54. The molecule has 1 aliphatic heterocycles. The molecular formula is C21H25ClN2O3+2. The highest BCUT2D eigenvalue weighted by Crippen LogP contribution is 2.24. The number of aryl methyl sites for hydroxylation is 1. The number of hydrogen-bond acceptors (Lipinski definition) is 3. The average molecular weight is 389 g/mol. The van der Waals surface area contributed by atoms with E-state index in [0.29, 0.717) is 23.2 Å². The van der Waals surface area contributed by atoms with Crippen LogP contribution in [-0.2, 0) is 6.54 Å². The summed E-state index contributed by atoms with van der Waals surface area (Å²) in [6.07, 6.45) is 4.29. The molecule has 1 aromatic carbocycles. The van der Waals surface area contributed by atoms with Crippen molar-refractivity contribution in [2.75, 3.05) is 19.6 Å². The second-order valence-corrected chi connectivity index (χ2v) is 7.76. The van der Waals surface area contributed by atoms with Crippen LogP contribution in [0.1, 0.15) is 35.8 Å². The molecule has 0 bridgehead atoms. The van der Waals surface area contributed by atoms with Gasteiger partial charge in [0.1, 0.15) is 18.7 Å². The minimum atomic E-state index is -0.319. The highest BCUT2D eigenvalue weighted by molar-refractivity contribution is 6.32. The van der Waals surface area contributed by atoms with Crippen molar-refractivity contribution < 1.29 is 19.1 Å². The van der Waals surface area contributed by atoms with Crippen molar-refractivity contribution in [1.82, 2.24) is 0 Å². The molecule has 1 saturated heterocycles. The molecule has 1 atom stereocenters. The van der Waals surface area contributed by atoms with Crippen molar-refractivity contribution in [3.8, 4) is 0 Å². The lowest BCUT2D eigenvalue weighted by Gasteiger charge is -2.21. The van der Waals surface area contributed by atoms with E-state index in [9.17, 15) is 4.79 Å². The molecular weight excluding hydrogens is 364 g/mol. The van der Waals surface area contributed by atoms with E-state index >= 15 is 0 Å². The van der Waals surface area contributed by atoms with Crippen LogP contribution in [0.4, 0.5) is 0 Å². The second kappa shape index (κ2) is 7.89. The molecule has 1 aliphatic rings. The van der Waals surface area contributed by atoms with Crippen LogP contribution in [-0.4, -0.2) is 19.6 Å². The number of rotatable bonds is 6. The fraction of sp³-hybridized carbons (Fsp3) is 0.381.